The van der Waals surface area contributed by atoms with Crippen LogP contribution in [0.5, 0.6) is 5.88 Å². The minimum atomic E-state index is -0.504. The zero-order valence-electron chi connectivity index (χ0n) is 17.4. The number of rotatable bonds is 4. The van der Waals surface area contributed by atoms with Crippen molar-refractivity contribution in [2.75, 3.05) is 26.3 Å². The third-order valence-corrected chi connectivity index (χ3v) is 7.82. The molecule has 2 fully saturated rings. The van der Waals surface area contributed by atoms with Crippen LogP contribution in [0.25, 0.3) is 16.5 Å². The molecule has 1 spiro atoms. The van der Waals surface area contributed by atoms with E-state index in [9.17, 15) is 5.11 Å². The predicted octanol–water partition coefficient (Wildman–Crippen LogP) is 4.99. The van der Waals surface area contributed by atoms with Crippen molar-refractivity contribution in [1.82, 2.24) is 19.5 Å². The number of fused-ring (bicyclic) bond motifs is 1. The molecule has 1 atom stereocenters. The highest BCUT2D eigenvalue weighted by Gasteiger charge is 2.42. The third kappa shape index (κ3) is 3.73. The second-order valence-corrected chi connectivity index (χ2v) is 9.96. The quantitative estimate of drug-likeness (QED) is 0.417. The molecule has 0 aliphatic carbocycles. The highest BCUT2D eigenvalue weighted by atomic mass is 35.5. The first-order chi connectivity index (χ1) is 16.0. The van der Waals surface area contributed by atoms with Crippen LogP contribution in [0.3, 0.4) is 0 Å². The number of aromatic nitrogens is 3. The van der Waals surface area contributed by atoms with Crippen LogP contribution in [-0.4, -0.2) is 56.7 Å². The molecule has 1 aromatic carbocycles. The van der Waals surface area contributed by atoms with Crippen molar-refractivity contribution in [3.05, 3.63) is 57.1 Å². The molecule has 4 aromatic rings. The lowest BCUT2D eigenvalue weighted by atomic mass is 9.97. The highest BCUT2D eigenvalue weighted by molar-refractivity contribution is 7.17. The number of halogens is 2. The molecular weight excluding hydrogens is 487 g/mol. The van der Waals surface area contributed by atoms with Crippen molar-refractivity contribution in [2.24, 2.45) is 0 Å². The summed E-state index contributed by atoms with van der Waals surface area (Å²) in [7, 11) is 0. The van der Waals surface area contributed by atoms with E-state index in [1.165, 1.54) is 15.9 Å². The van der Waals surface area contributed by atoms with E-state index in [4.69, 9.17) is 37.1 Å². The Kier molecular flexibility index (Phi) is 5.36. The van der Waals surface area contributed by atoms with Gasteiger partial charge in [-0.3, -0.25) is 4.90 Å². The number of piperidine rings is 1. The normalized spacial score (nSPS) is 19.6. The topological polar surface area (TPSA) is 85.3 Å². The largest absolute Gasteiger partial charge is 0.492 e. The number of likely N-dealkylation sites (tertiary alicyclic amines) is 1. The third-order valence-electron chi connectivity index (χ3n) is 6.19. The van der Waals surface area contributed by atoms with Gasteiger partial charge in [0, 0.05) is 36.0 Å². The van der Waals surface area contributed by atoms with Gasteiger partial charge in [0.1, 0.15) is 0 Å². The van der Waals surface area contributed by atoms with E-state index in [1.807, 2.05) is 12.1 Å². The lowest BCUT2D eigenvalue weighted by molar-refractivity contribution is -0.187. The van der Waals surface area contributed by atoms with E-state index in [0.29, 0.717) is 57.8 Å². The molecule has 0 radical (unpaired) electrons. The van der Waals surface area contributed by atoms with Crippen molar-refractivity contribution in [3.63, 3.8) is 0 Å². The van der Waals surface area contributed by atoms with Crippen molar-refractivity contribution < 1.29 is 19.0 Å². The average molecular weight is 507 g/mol. The minimum absolute atomic E-state index is 0.0324. The van der Waals surface area contributed by atoms with E-state index < -0.39 is 5.79 Å². The molecule has 6 rings (SSSR count). The molecule has 0 bridgehead atoms. The summed E-state index contributed by atoms with van der Waals surface area (Å²) in [5.74, 6) is 0.493. The van der Waals surface area contributed by atoms with Crippen LogP contribution in [0.15, 0.2) is 41.0 Å². The summed E-state index contributed by atoms with van der Waals surface area (Å²) in [6.45, 7) is 2.68. The number of hydrogen-bond donors (Lipinski definition) is 1. The number of benzene rings is 1. The molecule has 8 nitrogen and oxygen atoms in total. The van der Waals surface area contributed by atoms with Gasteiger partial charge in [-0.15, -0.1) is 5.10 Å². The van der Waals surface area contributed by atoms with Crippen molar-refractivity contribution in [3.8, 4) is 17.5 Å². The number of hydrogen-bond acceptors (Lipinski definition) is 8. The van der Waals surface area contributed by atoms with Gasteiger partial charge in [-0.05, 0) is 29.8 Å². The van der Waals surface area contributed by atoms with Crippen molar-refractivity contribution in [1.29, 1.82) is 0 Å². The van der Waals surface area contributed by atoms with E-state index in [2.05, 4.69) is 15.0 Å². The molecule has 0 saturated carbocycles. The second kappa shape index (κ2) is 8.26. The Bertz CT molecular complexity index is 1290. The monoisotopic (exact) mass is 506 g/mol. The van der Waals surface area contributed by atoms with Crippen molar-refractivity contribution in [2.45, 2.75) is 24.7 Å². The fourth-order valence-corrected chi connectivity index (χ4v) is 6.19. The van der Waals surface area contributed by atoms with Crippen LogP contribution in [0, 0.1) is 0 Å². The Morgan fingerprint density at radius 2 is 1.91 bits per heavy atom. The number of aromatic hydroxyl groups is 1. The van der Waals surface area contributed by atoms with Gasteiger partial charge < -0.3 is 19.0 Å². The van der Waals surface area contributed by atoms with E-state index in [-0.39, 0.29) is 11.9 Å². The number of thiazole rings is 1. The van der Waals surface area contributed by atoms with Gasteiger partial charge in [0.05, 0.1) is 30.4 Å². The van der Waals surface area contributed by atoms with Gasteiger partial charge in [0.15, 0.2) is 11.5 Å². The van der Waals surface area contributed by atoms with E-state index in [1.54, 1.807) is 24.5 Å². The maximum atomic E-state index is 11.2. The summed E-state index contributed by atoms with van der Waals surface area (Å²) in [5, 5.41) is 16.8. The Hall–Kier alpha value is -2.14. The van der Waals surface area contributed by atoms with E-state index >= 15 is 0 Å². The maximum Gasteiger partial charge on any atom is 0.230 e. The molecule has 2 aliphatic heterocycles. The fraction of sp³-hybridized carbons (Fsp3) is 0.364. The molecule has 172 valence electrons. The number of nitrogens with zero attached hydrogens (tertiary/aromatic N) is 4. The standard InChI is InChI=1S/C22H20Cl2N4O4S/c23-13-3-4-14(15(24)12-13)17(27-7-5-22(6-8-27)31-10-11-32-22)18-20(29)28-21(33-18)25-19(26-28)16-2-1-9-30-16/h1-4,9,12,17,29H,5-8,10-11H2/t17-/m1/s1. The summed E-state index contributed by atoms with van der Waals surface area (Å²) in [5.41, 5.74) is 0.858. The van der Waals surface area contributed by atoms with Crippen molar-refractivity contribution >= 4 is 39.5 Å². The summed E-state index contributed by atoms with van der Waals surface area (Å²) in [6, 6.07) is 8.70. The smallest absolute Gasteiger partial charge is 0.230 e. The highest BCUT2D eigenvalue weighted by Crippen LogP contribution is 2.45. The Balaban J connectivity index is 1.40. The zero-order valence-corrected chi connectivity index (χ0v) is 19.7. The fourth-order valence-electron chi connectivity index (χ4n) is 4.57. The zero-order chi connectivity index (χ0) is 22.6. The van der Waals surface area contributed by atoms with Crippen LogP contribution in [0.1, 0.15) is 29.3 Å². The van der Waals surface area contributed by atoms with Gasteiger partial charge in [0.2, 0.25) is 16.7 Å². The molecular formula is C22H20Cl2N4O4S. The molecule has 0 amide bonds. The van der Waals surface area contributed by atoms with Gasteiger partial charge in [-0.2, -0.15) is 9.50 Å². The first-order valence-corrected chi connectivity index (χ1v) is 12.2. The maximum absolute atomic E-state index is 11.2. The van der Waals surface area contributed by atoms with Gasteiger partial charge >= 0.3 is 0 Å². The molecule has 33 heavy (non-hydrogen) atoms. The Labute approximate surface area is 203 Å². The molecule has 0 unspecified atom stereocenters. The van der Waals surface area contributed by atoms with Crippen LogP contribution >= 0.6 is 34.5 Å². The SMILES string of the molecule is Oc1c([C@@H](c2ccc(Cl)cc2Cl)N2CCC3(CC2)OCCO3)sc2nc(-c3ccco3)nn12. The average Bonchev–Trinajstić information content (AvgIpc) is 3.59. The van der Waals surface area contributed by atoms with E-state index in [0.717, 1.165) is 18.4 Å². The molecule has 1 N–H and O–H groups in total. The van der Waals surface area contributed by atoms with Crippen LogP contribution in [0.2, 0.25) is 10.0 Å². The molecule has 3 aromatic heterocycles. The van der Waals surface area contributed by atoms with Gasteiger partial charge in [-0.25, -0.2) is 0 Å². The van der Waals surface area contributed by atoms with Gasteiger partial charge in [-0.1, -0.05) is 40.6 Å². The minimum Gasteiger partial charge on any atom is -0.492 e. The predicted molar refractivity (Wildman–Crippen MR) is 124 cm³/mol. The summed E-state index contributed by atoms with van der Waals surface area (Å²) in [6.07, 6.45) is 3.03. The summed E-state index contributed by atoms with van der Waals surface area (Å²) < 4.78 is 18.6. The first-order valence-electron chi connectivity index (χ1n) is 10.6. The summed E-state index contributed by atoms with van der Waals surface area (Å²) in [4.78, 5) is 8.12. The molecule has 5 heterocycles. The number of furan rings is 1. The lowest BCUT2D eigenvalue weighted by Gasteiger charge is -2.41. The number of ether oxygens (including phenoxy) is 2. The Morgan fingerprint density at radius 1 is 1.12 bits per heavy atom. The molecule has 2 aliphatic rings. The molecule has 11 heteroatoms. The summed E-state index contributed by atoms with van der Waals surface area (Å²) >= 11 is 14.2. The van der Waals surface area contributed by atoms with Crippen LogP contribution < -0.4 is 0 Å². The lowest BCUT2D eigenvalue weighted by Crippen LogP contribution is -2.46. The molecule has 2 saturated heterocycles. The Morgan fingerprint density at radius 3 is 2.58 bits per heavy atom. The first kappa shape index (κ1) is 21.4. The van der Waals surface area contributed by atoms with Crippen LogP contribution in [-0.2, 0) is 9.47 Å². The second-order valence-electron chi connectivity index (χ2n) is 8.11. The van der Waals surface area contributed by atoms with Gasteiger partial charge in [0.25, 0.3) is 0 Å². The van der Waals surface area contributed by atoms with Crippen LogP contribution in [0.4, 0.5) is 0 Å².